The third-order valence-corrected chi connectivity index (χ3v) is 3.79. The van der Waals surface area contributed by atoms with Crippen molar-refractivity contribution in [2.24, 2.45) is 0 Å². The number of hydrogen-bond acceptors (Lipinski definition) is 4. The van der Waals surface area contributed by atoms with Gasteiger partial charge in [0.2, 0.25) is 0 Å². The van der Waals surface area contributed by atoms with E-state index in [1.54, 1.807) is 4.68 Å². The molecule has 19 heavy (non-hydrogen) atoms. The first kappa shape index (κ1) is 12.6. The van der Waals surface area contributed by atoms with Gasteiger partial charge in [-0.15, -0.1) is 5.10 Å². The summed E-state index contributed by atoms with van der Waals surface area (Å²) in [5.74, 6) is -0.637. The second-order valence-electron chi connectivity index (χ2n) is 5.06. The molecule has 5 nitrogen and oxygen atoms in total. The van der Waals surface area contributed by atoms with E-state index in [2.05, 4.69) is 10.3 Å². The summed E-state index contributed by atoms with van der Waals surface area (Å²) in [6.07, 6.45) is 5.61. The van der Waals surface area contributed by atoms with Gasteiger partial charge >= 0.3 is 7.12 Å². The van der Waals surface area contributed by atoms with E-state index in [1.807, 2.05) is 0 Å². The van der Waals surface area contributed by atoms with Crippen LogP contribution in [0.1, 0.15) is 38.1 Å². The van der Waals surface area contributed by atoms with Crippen molar-refractivity contribution in [1.29, 1.82) is 0 Å². The van der Waals surface area contributed by atoms with Crippen LogP contribution in [0.4, 0.5) is 4.39 Å². The summed E-state index contributed by atoms with van der Waals surface area (Å²) >= 11 is 0. The van der Waals surface area contributed by atoms with Crippen LogP contribution < -0.4 is 5.46 Å². The van der Waals surface area contributed by atoms with E-state index in [4.69, 9.17) is 10.0 Å². The SMILES string of the molecule is OB(O)c1cc2nnn(C3CCCCC3)c2cc1F. The van der Waals surface area contributed by atoms with E-state index in [0.717, 1.165) is 25.7 Å². The fourth-order valence-electron chi connectivity index (χ4n) is 2.77. The molecule has 0 spiro atoms. The molecule has 1 aromatic heterocycles. The Morgan fingerprint density at radius 2 is 1.95 bits per heavy atom. The summed E-state index contributed by atoms with van der Waals surface area (Å²) in [7, 11) is -1.83. The van der Waals surface area contributed by atoms with Crippen molar-refractivity contribution in [3.63, 3.8) is 0 Å². The van der Waals surface area contributed by atoms with Gasteiger partial charge in [-0.2, -0.15) is 0 Å². The van der Waals surface area contributed by atoms with Crippen molar-refractivity contribution in [2.75, 3.05) is 0 Å². The molecule has 0 unspecified atom stereocenters. The Morgan fingerprint density at radius 1 is 1.21 bits per heavy atom. The summed E-state index contributed by atoms with van der Waals surface area (Å²) in [6.45, 7) is 0. The molecule has 2 N–H and O–H groups in total. The quantitative estimate of drug-likeness (QED) is 0.784. The van der Waals surface area contributed by atoms with Gasteiger partial charge in [0.15, 0.2) is 0 Å². The van der Waals surface area contributed by atoms with Gasteiger partial charge in [-0.3, -0.25) is 0 Å². The lowest BCUT2D eigenvalue weighted by Crippen LogP contribution is -2.32. The number of aromatic nitrogens is 3. The first-order chi connectivity index (χ1) is 9.16. The second-order valence-corrected chi connectivity index (χ2v) is 5.06. The molecule has 1 aliphatic rings. The Bertz CT molecular complexity index is 596. The lowest BCUT2D eigenvalue weighted by molar-refractivity contribution is 0.331. The van der Waals surface area contributed by atoms with Gasteiger partial charge in [0.1, 0.15) is 11.3 Å². The Balaban J connectivity index is 2.05. The Kier molecular flexibility index (Phi) is 3.24. The van der Waals surface area contributed by atoms with E-state index in [9.17, 15) is 4.39 Å². The molecule has 0 bridgehead atoms. The summed E-state index contributed by atoms with van der Waals surface area (Å²) in [5.41, 5.74) is 0.951. The van der Waals surface area contributed by atoms with Gasteiger partial charge in [0.05, 0.1) is 11.6 Å². The second kappa shape index (κ2) is 4.90. The van der Waals surface area contributed by atoms with Crippen LogP contribution in [0.25, 0.3) is 11.0 Å². The average Bonchev–Trinajstić information content (AvgIpc) is 2.81. The minimum atomic E-state index is -1.83. The maximum Gasteiger partial charge on any atom is 0.491 e. The first-order valence-electron chi connectivity index (χ1n) is 6.57. The number of hydrogen-bond donors (Lipinski definition) is 2. The molecule has 0 amide bonds. The van der Waals surface area contributed by atoms with E-state index < -0.39 is 12.9 Å². The molecule has 1 aromatic carbocycles. The van der Waals surface area contributed by atoms with Crippen LogP contribution in [-0.4, -0.2) is 32.2 Å². The number of rotatable bonds is 2. The lowest BCUT2D eigenvalue weighted by Gasteiger charge is -2.22. The van der Waals surface area contributed by atoms with E-state index >= 15 is 0 Å². The Hall–Kier alpha value is -1.47. The highest BCUT2D eigenvalue weighted by molar-refractivity contribution is 6.59. The monoisotopic (exact) mass is 263 g/mol. The molecular weight excluding hydrogens is 248 g/mol. The minimum Gasteiger partial charge on any atom is -0.423 e. The maximum atomic E-state index is 13.8. The minimum absolute atomic E-state index is 0.164. The van der Waals surface area contributed by atoms with Crippen LogP contribution in [0.5, 0.6) is 0 Å². The van der Waals surface area contributed by atoms with Crippen LogP contribution in [0, 0.1) is 5.82 Å². The molecule has 0 atom stereocenters. The molecule has 3 rings (SSSR count). The number of benzene rings is 1. The summed E-state index contributed by atoms with van der Waals surface area (Å²) in [6, 6.07) is 2.91. The first-order valence-corrected chi connectivity index (χ1v) is 6.57. The van der Waals surface area contributed by atoms with Crippen molar-refractivity contribution >= 4 is 23.6 Å². The highest BCUT2D eigenvalue weighted by atomic mass is 19.1. The van der Waals surface area contributed by atoms with Crippen molar-refractivity contribution in [1.82, 2.24) is 15.0 Å². The summed E-state index contributed by atoms with van der Waals surface area (Å²) < 4.78 is 15.6. The van der Waals surface area contributed by atoms with Gasteiger partial charge in [0.25, 0.3) is 0 Å². The molecule has 1 heterocycles. The zero-order valence-electron chi connectivity index (χ0n) is 10.5. The van der Waals surface area contributed by atoms with Crippen molar-refractivity contribution in [3.05, 3.63) is 17.9 Å². The normalized spacial score (nSPS) is 17.0. The van der Waals surface area contributed by atoms with Crippen molar-refractivity contribution in [2.45, 2.75) is 38.1 Å². The topological polar surface area (TPSA) is 71.2 Å². The fraction of sp³-hybridized carbons (Fsp3) is 0.500. The van der Waals surface area contributed by atoms with Gasteiger partial charge in [-0.05, 0) is 18.9 Å². The Labute approximate surface area is 110 Å². The van der Waals surface area contributed by atoms with E-state index in [1.165, 1.54) is 18.6 Å². The Morgan fingerprint density at radius 3 is 2.63 bits per heavy atom. The molecule has 0 saturated heterocycles. The molecular formula is C12H15BFN3O2. The van der Waals surface area contributed by atoms with Gasteiger partial charge < -0.3 is 10.0 Å². The predicted octanol–water partition coefficient (Wildman–Crippen LogP) is 0.755. The number of nitrogens with zero attached hydrogens (tertiary/aromatic N) is 3. The molecule has 2 aromatic rings. The van der Waals surface area contributed by atoms with E-state index in [0.29, 0.717) is 11.0 Å². The molecule has 7 heteroatoms. The molecule has 1 fully saturated rings. The molecule has 100 valence electrons. The van der Waals surface area contributed by atoms with Crippen LogP contribution >= 0.6 is 0 Å². The number of halogens is 1. The molecule has 0 radical (unpaired) electrons. The van der Waals surface area contributed by atoms with Crippen LogP contribution in [0.15, 0.2) is 12.1 Å². The maximum absolute atomic E-state index is 13.8. The molecule has 0 aliphatic heterocycles. The summed E-state index contributed by atoms with van der Waals surface area (Å²) in [4.78, 5) is 0. The third kappa shape index (κ3) is 2.23. The zero-order valence-corrected chi connectivity index (χ0v) is 10.5. The average molecular weight is 263 g/mol. The number of fused-ring (bicyclic) bond motifs is 1. The molecule has 1 saturated carbocycles. The van der Waals surface area contributed by atoms with Crippen molar-refractivity contribution < 1.29 is 14.4 Å². The van der Waals surface area contributed by atoms with Crippen molar-refractivity contribution in [3.8, 4) is 0 Å². The van der Waals surface area contributed by atoms with Gasteiger partial charge in [-0.25, -0.2) is 9.07 Å². The molecule has 1 aliphatic carbocycles. The van der Waals surface area contributed by atoms with Gasteiger partial charge in [0, 0.05) is 11.5 Å². The van der Waals surface area contributed by atoms with Gasteiger partial charge in [-0.1, -0.05) is 24.5 Å². The summed E-state index contributed by atoms with van der Waals surface area (Å²) in [5, 5.41) is 26.3. The largest absolute Gasteiger partial charge is 0.491 e. The lowest BCUT2D eigenvalue weighted by atomic mass is 9.79. The van der Waals surface area contributed by atoms with Crippen LogP contribution in [-0.2, 0) is 0 Å². The zero-order chi connectivity index (χ0) is 13.4. The predicted molar refractivity (Wildman–Crippen MR) is 69.4 cm³/mol. The van der Waals surface area contributed by atoms with E-state index in [-0.39, 0.29) is 11.5 Å². The standard InChI is InChI=1S/C12H15BFN3O2/c14-10-7-12-11(6-9(10)13(18)19)15-16-17(12)8-4-2-1-3-5-8/h6-8,18-19H,1-5H2. The fourth-order valence-corrected chi connectivity index (χ4v) is 2.77. The third-order valence-electron chi connectivity index (χ3n) is 3.79. The van der Waals surface area contributed by atoms with Crippen LogP contribution in [0.2, 0.25) is 0 Å². The van der Waals surface area contributed by atoms with Crippen LogP contribution in [0.3, 0.4) is 0 Å². The highest BCUT2D eigenvalue weighted by Crippen LogP contribution is 2.29. The smallest absolute Gasteiger partial charge is 0.423 e. The highest BCUT2D eigenvalue weighted by Gasteiger charge is 2.22.